The van der Waals surface area contributed by atoms with Crippen molar-refractivity contribution < 1.29 is 0 Å². The van der Waals surface area contributed by atoms with E-state index in [0.717, 1.165) is 47.3 Å². The summed E-state index contributed by atoms with van der Waals surface area (Å²) in [6.07, 6.45) is 11.1. The molecule has 0 fully saturated rings. The fraction of sp³-hybridized carbons (Fsp3) is 0.269. The van der Waals surface area contributed by atoms with E-state index in [1.54, 1.807) is 0 Å². The molecule has 2 heterocycles. The zero-order chi connectivity index (χ0) is 21.1. The minimum Gasteiger partial charge on any atom is -0.331 e. The lowest BCUT2D eigenvalue weighted by molar-refractivity contribution is 0.775. The maximum atomic E-state index is 4.97. The number of nitrogens with zero attached hydrogens (tertiary/aromatic N) is 4. The number of fused-ring (bicyclic) bond motifs is 2. The molecule has 0 aliphatic rings. The van der Waals surface area contributed by atoms with E-state index in [1.165, 1.54) is 22.2 Å². The van der Waals surface area contributed by atoms with Crippen LogP contribution >= 0.6 is 0 Å². The zero-order valence-electron chi connectivity index (χ0n) is 18.2. The Labute approximate surface area is 178 Å². The molecule has 4 heteroatoms. The number of aryl methyl sites for hydroxylation is 4. The van der Waals surface area contributed by atoms with Gasteiger partial charge in [-0.2, -0.15) is 0 Å². The van der Waals surface area contributed by atoms with E-state index in [-0.39, 0.29) is 0 Å². The highest BCUT2D eigenvalue weighted by Crippen LogP contribution is 2.24. The molecule has 152 valence electrons. The van der Waals surface area contributed by atoms with Crippen LogP contribution in [0.15, 0.2) is 60.3 Å². The summed E-state index contributed by atoms with van der Waals surface area (Å²) in [5.74, 6) is 1.07. The smallest absolute Gasteiger partial charge is 0.109 e. The summed E-state index contributed by atoms with van der Waals surface area (Å²) < 4.78 is 2.20. The highest BCUT2D eigenvalue weighted by molar-refractivity contribution is 5.83. The Bertz CT molecular complexity index is 1260. The molecule has 4 nitrogen and oxygen atoms in total. The maximum absolute atomic E-state index is 4.97. The van der Waals surface area contributed by atoms with Crippen molar-refractivity contribution in [2.24, 2.45) is 7.05 Å². The minimum atomic E-state index is 0.821. The van der Waals surface area contributed by atoms with Gasteiger partial charge in [-0.15, -0.1) is 0 Å². The third-order valence-electron chi connectivity index (χ3n) is 5.76. The van der Waals surface area contributed by atoms with Crippen molar-refractivity contribution in [3.63, 3.8) is 0 Å². The fourth-order valence-electron chi connectivity index (χ4n) is 3.65. The molecule has 0 saturated carbocycles. The van der Waals surface area contributed by atoms with Gasteiger partial charge in [-0.25, -0.2) is 9.97 Å². The van der Waals surface area contributed by atoms with Crippen molar-refractivity contribution in [2.45, 2.75) is 40.0 Å². The maximum Gasteiger partial charge on any atom is 0.109 e. The number of aromatic nitrogens is 4. The van der Waals surface area contributed by atoms with E-state index < -0.39 is 0 Å². The third-order valence-corrected chi connectivity index (χ3v) is 5.76. The lowest BCUT2D eigenvalue weighted by Crippen LogP contribution is -2.02. The van der Waals surface area contributed by atoms with Crippen LogP contribution in [0.25, 0.3) is 28.1 Å². The first-order valence-electron chi connectivity index (χ1n) is 10.6. The Morgan fingerprint density at radius 3 is 2.63 bits per heavy atom. The quantitative estimate of drug-likeness (QED) is 0.377. The molecular formula is C26H28N4. The highest BCUT2D eigenvalue weighted by atomic mass is 15.1. The summed E-state index contributed by atoms with van der Waals surface area (Å²) in [5, 5.41) is 0. The van der Waals surface area contributed by atoms with Crippen LogP contribution in [0.2, 0.25) is 0 Å². The Morgan fingerprint density at radius 2 is 1.83 bits per heavy atom. The SMILES string of the molecule is CCC(C)=C/C=C\c1ccc2c(nc(CCc3cnc4ccccc4n3)n2C)c1C. The van der Waals surface area contributed by atoms with Gasteiger partial charge in [0, 0.05) is 19.7 Å². The van der Waals surface area contributed by atoms with Crippen LogP contribution in [0.5, 0.6) is 0 Å². The van der Waals surface area contributed by atoms with Gasteiger partial charge in [0.1, 0.15) is 5.82 Å². The van der Waals surface area contributed by atoms with Crippen molar-refractivity contribution >= 4 is 28.1 Å². The van der Waals surface area contributed by atoms with Crippen molar-refractivity contribution in [2.75, 3.05) is 0 Å². The van der Waals surface area contributed by atoms with Crippen molar-refractivity contribution in [3.05, 3.63) is 83.0 Å². The summed E-state index contributed by atoms with van der Waals surface area (Å²) in [5.41, 5.74) is 8.94. The first-order chi connectivity index (χ1) is 14.6. The topological polar surface area (TPSA) is 43.6 Å². The number of hydrogen-bond acceptors (Lipinski definition) is 3. The molecule has 0 amide bonds. The monoisotopic (exact) mass is 396 g/mol. The normalized spacial score (nSPS) is 12.5. The lowest BCUT2D eigenvalue weighted by atomic mass is 10.1. The van der Waals surface area contributed by atoms with E-state index >= 15 is 0 Å². The summed E-state index contributed by atoms with van der Waals surface area (Å²) in [6, 6.07) is 12.3. The molecule has 0 unspecified atom stereocenters. The molecule has 0 atom stereocenters. The van der Waals surface area contributed by atoms with Gasteiger partial charge in [0.15, 0.2) is 0 Å². The van der Waals surface area contributed by atoms with Crippen molar-refractivity contribution in [1.82, 2.24) is 19.5 Å². The third kappa shape index (κ3) is 4.04. The van der Waals surface area contributed by atoms with Crippen LogP contribution < -0.4 is 0 Å². The van der Waals surface area contributed by atoms with Crippen molar-refractivity contribution in [3.8, 4) is 0 Å². The average molecular weight is 397 g/mol. The second-order valence-electron chi connectivity index (χ2n) is 7.81. The molecule has 30 heavy (non-hydrogen) atoms. The van der Waals surface area contributed by atoms with Gasteiger partial charge in [-0.3, -0.25) is 4.98 Å². The summed E-state index contributed by atoms with van der Waals surface area (Å²) in [4.78, 5) is 14.3. The summed E-state index contributed by atoms with van der Waals surface area (Å²) >= 11 is 0. The number of allylic oxidation sites excluding steroid dienone is 3. The molecule has 4 aromatic rings. The summed E-state index contributed by atoms with van der Waals surface area (Å²) in [7, 11) is 2.10. The molecule has 0 N–H and O–H groups in total. The molecule has 0 bridgehead atoms. The van der Waals surface area contributed by atoms with Crippen LogP contribution in [0, 0.1) is 6.92 Å². The van der Waals surface area contributed by atoms with Gasteiger partial charge >= 0.3 is 0 Å². The molecule has 0 radical (unpaired) electrons. The van der Waals surface area contributed by atoms with Gasteiger partial charge in [-0.1, -0.05) is 48.9 Å². The van der Waals surface area contributed by atoms with E-state index in [9.17, 15) is 0 Å². The number of imidazole rings is 1. The summed E-state index contributed by atoms with van der Waals surface area (Å²) in [6.45, 7) is 6.49. The average Bonchev–Trinajstić information content (AvgIpc) is 3.10. The van der Waals surface area contributed by atoms with Gasteiger partial charge in [0.25, 0.3) is 0 Å². The predicted molar refractivity (Wildman–Crippen MR) is 125 cm³/mol. The predicted octanol–water partition coefficient (Wildman–Crippen LogP) is 5.98. The van der Waals surface area contributed by atoms with Crippen molar-refractivity contribution in [1.29, 1.82) is 0 Å². The molecule has 2 aromatic heterocycles. The van der Waals surface area contributed by atoms with E-state index in [2.05, 4.69) is 67.7 Å². The van der Waals surface area contributed by atoms with Crippen LogP contribution in [-0.4, -0.2) is 19.5 Å². The van der Waals surface area contributed by atoms with Crippen LogP contribution in [-0.2, 0) is 19.9 Å². The Hall–Kier alpha value is -3.27. The largest absolute Gasteiger partial charge is 0.331 e. The zero-order valence-corrected chi connectivity index (χ0v) is 18.2. The Balaban J connectivity index is 1.58. The highest BCUT2D eigenvalue weighted by Gasteiger charge is 2.12. The van der Waals surface area contributed by atoms with E-state index in [1.807, 2.05) is 30.5 Å². The first kappa shape index (κ1) is 20.0. The van der Waals surface area contributed by atoms with Crippen LogP contribution in [0.4, 0.5) is 0 Å². The van der Waals surface area contributed by atoms with Gasteiger partial charge in [0.2, 0.25) is 0 Å². The van der Waals surface area contributed by atoms with Crippen LogP contribution in [0.1, 0.15) is 42.9 Å². The van der Waals surface area contributed by atoms with Gasteiger partial charge in [0.05, 0.1) is 27.8 Å². The molecule has 0 aliphatic carbocycles. The Kier molecular flexibility index (Phi) is 5.75. The van der Waals surface area contributed by atoms with Gasteiger partial charge < -0.3 is 4.57 Å². The second kappa shape index (κ2) is 8.62. The Morgan fingerprint density at radius 1 is 1.03 bits per heavy atom. The second-order valence-corrected chi connectivity index (χ2v) is 7.81. The van der Waals surface area contributed by atoms with E-state index in [0.29, 0.717) is 0 Å². The number of benzene rings is 2. The molecule has 0 aliphatic heterocycles. The molecular weight excluding hydrogens is 368 g/mol. The minimum absolute atomic E-state index is 0.821. The molecule has 0 saturated heterocycles. The fourth-order valence-corrected chi connectivity index (χ4v) is 3.65. The van der Waals surface area contributed by atoms with E-state index in [4.69, 9.17) is 9.97 Å². The molecule has 4 rings (SSSR count). The molecule has 0 spiro atoms. The number of hydrogen-bond donors (Lipinski definition) is 0. The molecule has 2 aromatic carbocycles. The lowest BCUT2D eigenvalue weighted by Gasteiger charge is -2.04. The van der Waals surface area contributed by atoms with Gasteiger partial charge in [-0.05, 0) is 56.0 Å². The standard InChI is InChI=1S/C26H28N4/c1-5-18(2)9-8-10-20-13-15-24-26(19(20)3)29-25(30(24)4)16-14-21-17-27-22-11-6-7-12-23(22)28-21/h6-13,15,17H,5,14,16H2,1-4H3/b10-8-,18-9?. The van der Waals surface area contributed by atoms with Crippen LogP contribution in [0.3, 0.4) is 0 Å². The number of para-hydroxylation sites is 2. The number of rotatable bonds is 6. The first-order valence-corrected chi connectivity index (χ1v) is 10.6.